The summed E-state index contributed by atoms with van der Waals surface area (Å²) in [5.41, 5.74) is 2.40. The summed E-state index contributed by atoms with van der Waals surface area (Å²) in [4.78, 5) is 14.9. The summed E-state index contributed by atoms with van der Waals surface area (Å²) < 4.78 is 13.1. The van der Waals surface area contributed by atoms with E-state index in [1.165, 1.54) is 12.1 Å². The standard InChI is InChI=1S/C25H30FN5O/c26-19-9-11-20(12-10-19)29-25(32)30-24-6-2-1-5-23(24)28-21-4-3-15-31(17-21)22-13-7-18(16-27)8-14-22/h7-14,21,23-24,28H,1-6,15,17H2,(H2,29,30,32)/t21-,23+,24+/m0/s1. The Morgan fingerprint density at radius 2 is 1.69 bits per heavy atom. The number of amides is 2. The molecule has 6 nitrogen and oxygen atoms in total. The molecule has 1 saturated heterocycles. The first kappa shape index (κ1) is 22.1. The maximum absolute atomic E-state index is 13.1. The molecule has 1 saturated carbocycles. The molecular formula is C25H30FN5O. The van der Waals surface area contributed by atoms with Crippen LogP contribution in [-0.4, -0.2) is 37.2 Å². The van der Waals surface area contributed by atoms with Gasteiger partial charge >= 0.3 is 6.03 Å². The first-order chi connectivity index (χ1) is 15.6. The van der Waals surface area contributed by atoms with E-state index in [1.807, 2.05) is 24.3 Å². The highest BCUT2D eigenvalue weighted by molar-refractivity contribution is 5.89. The summed E-state index contributed by atoms with van der Waals surface area (Å²) in [6.07, 6.45) is 6.45. The summed E-state index contributed by atoms with van der Waals surface area (Å²) in [6, 6.07) is 16.1. The van der Waals surface area contributed by atoms with E-state index in [0.29, 0.717) is 17.3 Å². The van der Waals surface area contributed by atoms with E-state index in [1.54, 1.807) is 12.1 Å². The molecule has 1 aliphatic heterocycles. The Bertz CT molecular complexity index is 940. The number of benzene rings is 2. The van der Waals surface area contributed by atoms with Gasteiger partial charge in [-0.1, -0.05) is 12.8 Å². The quantitative estimate of drug-likeness (QED) is 0.651. The van der Waals surface area contributed by atoms with Crippen LogP contribution in [-0.2, 0) is 0 Å². The van der Waals surface area contributed by atoms with E-state index < -0.39 is 0 Å². The third-order valence-electron chi connectivity index (χ3n) is 6.42. The van der Waals surface area contributed by atoms with E-state index in [2.05, 4.69) is 26.9 Å². The molecular weight excluding hydrogens is 405 g/mol. The molecule has 3 atom stereocenters. The molecule has 0 aromatic heterocycles. The van der Waals surface area contributed by atoms with Gasteiger partial charge in [0.05, 0.1) is 11.6 Å². The van der Waals surface area contributed by atoms with Gasteiger partial charge in [0.15, 0.2) is 0 Å². The van der Waals surface area contributed by atoms with Crippen LogP contribution in [0.3, 0.4) is 0 Å². The van der Waals surface area contributed by atoms with E-state index in [0.717, 1.165) is 57.3 Å². The Hall–Kier alpha value is -3.11. The van der Waals surface area contributed by atoms with Crippen molar-refractivity contribution in [2.24, 2.45) is 0 Å². The molecule has 3 N–H and O–H groups in total. The minimum absolute atomic E-state index is 0.0643. The van der Waals surface area contributed by atoms with E-state index in [-0.39, 0.29) is 23.9 Å². The van der Waals surface area contributed by atoms with Gasteiger partial charge in [-0.15, -0.1) is 0 Å². The molecule has 1 aliphatic carbocycles. The number of anilines is 2. The van der Waals surface area contributed by atoms with Crippen molar-refractivity contribution in [2.75, 3.05) is 23.3 Å². The third-order valence-corrected chi connectivity index (χ3v) is 6.42. The van der Waals surface area contributed by atoms with Crippen molar-refractivity contribution >= 4 is 17.4 Å². The van der Waals surface area contributed by atoms with Crippen molar-refractivity contribution in [3.05, 3.63) is 59.9 Å². The van der Waals surface area contributed by atoms with Crippen LogP contribution >= 0.6 is 0 Å². The number of carbonyl (C=O) groups excluding carboxylic acids is 1. The Balaban J connectivity index is 1.33. The molecule has 1 heterocycles. The van der Waals surface area contributed by atoms with Gasteiger partial charge in [0.2, 0.25) is 0 Å². The number of piperidine rings is 1. The maximum Gasteiger partial charge on any atom is 0.319 e. The second-order valence-corrected chi connectivity index (χ2v) is 8.71. The Morgan fingerprint density at radius 3 is 2.41 bits per heavy atom. The number of carbonyl (C=O) groups is 1. The lowest BCUT2D eigenvalue weighted by Gasteiger charge is -2.40. The fourth-order valence-corrected chi connectivity index (χ4v) is 4.77. The van der Waals surface area contributed by atoms with E-state index in [9.17, 15) is 9.18 Å². The van der Waals surface area contributed by atoms with Gasteiger partial charge in [0, 0.05) is 42.6 Å². The number of rotatable bonds is 5. The van der Waals surface area contributed by atoms with Crippen molar-refractivity contribution in [1.29, 1.82) is 5.26 Å². The van der Waals surface area contributed by atoms with Crippen molar-refractivity contribution in [3.63, 3.8) is 0 Å². The van der Waals surface area contributed by atoms with E-state index in [4.69, 9.17) is 5.26 Å². The van der Waals surface area contributed by atoms with Crippen LogP contribution in [0.4, 0.5) is 20.6 Å². The summed E-state index contributed by atoms with van der Waals surface area (Å²) in [5.74, 6) is -0.324. The molecule has 32 heavy (non-hydrogen) atoms. The highest BCUT2D eigenvalue weighted by Gasteiger charge is 2.30. The summed E-state index contributed by atoms with van der Waals surface area (Å²) in [6.45, 7) is 1.92. The van der Waals surface area contributed by atoms with Gasteiger partial charge in [-0.25, -0.2) is 9.18 Å². The van der Waals surface area contributed by atoms with Crippen LogP contribution in [0.15, 0.2) is 48.5 Å². The first-order valence-electron chi connectivity index (χ1n) is 11.4. The molecule has 168 valence electrons. The normalized spacial score (nSPS) is 23.2. The second-order valence-electron chi connectivity index (χ2n) is 8.71. The van der Waals surface area contributed by atoms with Crippen LogP contribution in [0.2, 0.25) is 0 Å². The Morgan fingerprint density at radius 1 is 0.969 bits per heavy atom. The van der Waals surface area contributed by atoms with Crippen molar-refractivity contribution in [2.45, 2.75) is 56.7 Å². The van der Waals surface area contributed by atoms with Crippen LogP contribution in [0.5, 0.6) is 0 Å². The monoisotopic (exact) mass is 435 g/mol. The Labute approximate surface area is 188 Å². The van der Waals surface area contributed by atoms with Gasteiger partial charge in [-0.2, -0.15) is 5.26 Å². The fourth-order valence-electron chi connectivity index (χ4n) is 4.77. The molecule has 7 heteroatoms. The topological polar surface area (TPSA) is 80.2 Å². The van der Waals surface area contributed by atoms with Crippen LogP contribution in [0, 0.1) is 17.1 Å². The average molecular weight is 436 g/mol. The number of nitrogens with zero attached hydrogens (tertiary/aromatic N) is 2. The number of urea groups is 1. The molecule has 2 fully saturated rings. The summed E-state index contributed by atoms with van der Waals surface area (Å²) >= 11 is 0. The third kappa shape index (κ3) is 5.77. The lowest BCUT2D eigenvalue weighted by atomic mass is 9.89. The highest BCUT2D eigenvalue weighted by Crippen LogP contribution is 2.24. The van der Waals surface area contributed by atoms with E-state index >= 15 is 0 Å². The molecule has 0 spiro atoms. The second kappa shape index (κ2) is 10.5. The number of nitrogens with one attached hydrogen (secondary N) is 3. The number of hydrogen-bond donors (Lipinski definition) is 3. The summed E-state index contributed by atoms with van der Waals surface area (Å²) in [5, 5.41) is 18.8. The van der Waals surface area contributed by atoms with Crippen LogP contribution in [0.1, 0.15) is 44.1 Å². The number of hydrogen-bond acceptors (Lipinski definition) is 4. The smallest absolute Gasteiger partial charge is 0.319 e. The minimum atomic E-state index is -0.324. The SMILES string of the molecule is N#Cc1ccc(N2CCC[C@H](N[C@@H]3CCCC[C@H]3NC(=O)Nc3ccc(F)cc3)C2)cc1. The maximum atomic E-state index is 13.1. The van der Waals surface area contributed by atoms with Gasteiger partial charge in [-0.3, -0.25) is 0 Å². The number of nitriles is 1. The van der Waals surface area contributed by atoms with Crippen molar-refractivity contribution < 1.29 is 9.18 Å². The molecule has 2 amide bonds. The molecule has 0 radical (unpaired) electrons. The molecule has 0 unspecified atom stereocenters. The molecule has 2 aromatic rings. The van der Waals surface area contributed by atoms with Gasteiger partial charge in [-0.05, 0) is 74.2 Å². The zero-order chi connectivity index (χ0) is 22.3. The molecule has 0 bridgehead atoms. The zero-order valence-electron chi connectivity index (χ0n) is 18.2. The number of halogens is 1. The molecule has 2 aliphatic rings. The fraction of sp³-hybridized carbons (Fsp3) is 0.440. The van der Waals surface area contributed by atoms with Crippen LogP contribution in [0.25, 0.3) is 0 Å². The van der Waals surface area contributed by atoms with Gasteiger partial charge in [0.1, 0.15) is 5.82 Å². The first-order valence-corrected chi connectivity index (χ1v) is 11.4. The predicted octanol–water partition coefficient (Wildman–Crippen LogP) is 4.39. The minimum Gasteiger partial charge on any atom is -0.370 e. The molecule has 2 aromatic carbocycles. The van der Waals surface area contributed by atoms with Gasteiger partial charge in [0.25, 0.3) is 0 Å². The van der Waals surface area contributed by atoms with Crippen LogP contribution < -0.4 is 20.9 Å². The highest BCUT2D eigenvalue weighted by atomic mass is 19.1. The average Bonchev–Trinajstić information content (AvgIpc) is 2.82. The zero-order valence-corrected chi connectivity index (χ0v) is 18.2. The predicted molar refractivity (Wildman–Crippen MR) is 124 cm³/mol. The van der Waals surface area contributed by atoms with Crippen molar-refractivity contribution in [1.82, 2.24) is 10.6 Å². The lowest BCUT2D eigenvalue weighted by molar-refractivity contribution is 0.226. The largest absolute Gasteiger partial charge is 0.370 e. The molecule has 4 rings (SSSR count). The Kier molecular flexibility index (Phi) is 7.23. The van der Waals surface area contributed by atoms with Gasteiger partial charge < -0.3 is 20.9 Å². The lowest BCUT2D eigenvalue weighted by Crippen LogP contribution is -2.57. The van der Waals surface area contributed by atoms with Crippen molar-refractivity contribution in [3.8, 4) is 6.07 Å². The summed E-state index contributed by atoms with van der Waals surface area (Å²) in [7, 11) is 0.